The van der Waals surface area contributed by atoms with E-state index in [1.54, 1.807) is 11.6 Å². The minimum atomic E-state index is -0.810. The maximum absolute atomic E-state index is 13.4. The van der Waals surface area contributed by atoms with Crippen molar-refractivity contribution in [3.8, 4) is 0 Å². The Bertz CT molecular complexity index is 1320. The molecule has 0 spiro atoms. The summed E-state index contributed by atoms with van der Waals surface area (Å²) in [6.07, 6.45) is 4.72. The van der Waals surface area contributed by atoms with Gasteiger partial charge in [-0.15, -0.1) is 11.3 Å². The summed E-state index contributed by atoms with van der Waals surface area (Å²) < 4.78 is 0. The highest BCUT2D eigenvalue weighted by molar-refractivity contribution is 7.09. The number of hydrogen-bond acceptors (Lipinski definition) is 7. The van der Waals surface area contributed by atoms with Gasteiger partial charge in [0.05, 0.1) is 6.04 Å². The van der Waals surface area contributed by atoms with E-state index in [0.717, 1.165) is 11.3 Å². The number of pyridine rings is 1. The molecule has 0 radical (unpaired) electrons. The Balaban J connectivity index is 1.50. The van der Waals surface area contributed by atoms with Gasteiger partial charge < -0.3 is 21.3 Å². The van der Waals surface area contributed by atoms with Crippen molar-refractivity contribution in [1.29, 1.82) is 0 Å². The predicted molar refractivity (Wildman–Crippen MR) is 156 cm³/mol. The standard InChI is InChI=1S/C30H36N6O4S/c1-2-22-28(39)35-24(18-20-10-4-3-5-11-20)30-36-25(19-41-30)27(38)32-17-9-7-13-23(29(40)34-22)33-26(37)15-14-21-12-6-8-16-31-21/h3-6,8,10-12,16,19,22-24H,2,7,9,13-15,17-18H2,1H3,(H,32,38)(H,33,37)(H,34,40)(H,35,39)/t22-,23+,24+/m1/s1. The summed E-state index contributed by atoms with van der Waals surface area (Å²) in [7, 11) is 0. The van der Waals surface area contributed by atoms with Crippen molar-refractivity contribution < 1.29 is 19.2 Å². The number of amides is 4. The Kier molecular flexibility index (Phi) is 10.9. The van der Waals surface area contributed by atoms with E-state index in [1.807, 2.05) is 55.5 Å². The smallest absolute Gasteiger partial charge is 0.270 e. The molecule has 4 rings (SSSR count). The van der Waals surface area contributed by atoms with Gasteiger partial charge in [0.15, 0.2) is 0 Å². The third-order valence-electron chi connectivity index (χ3n) is 6.88. The van der Waals surface area contributed by atoms with Gasteiger partial charge in [-0.3, -0.25) is 24.2 Å². The number of aromatic nitrogens is 2. The van der Waals surface area contributed by atoms with Crippen LogP contribution in [0.25, 0.3) is 0 Å². The lowest BCUT2D eigenvalue weighted by Gasteiger charge is -2.25. The molecule has 4 N–H and O–H groups in total. The molecule has 10 nitrogen and oxygen atoms in total. The molecule has 216 valence electrons. The summed E-state index contributed by atoms with van der Waals surface area (Å²) in [4.78, 5) is 61.1. The molecule has 1 aliphatic rings. The van der Waals surface area contributed by atoms with Crippen LogP contribution in [0.1, 0.15) is 71.8 Å². The van der Waals surface area contributed by atoms with Gasteiger partial charge in [0.2, 0.25) is 17.7 Å². The van der Waals surface area contributed by atoms with Gasteiger partial charge in [-0.05, 0) is 56.2 Å². The van der Waals surface area contributed by atoms with E-state index in [2.05, 4.69) is 31.2 Å². The Morgan fingerprint density at radius 3 is 2.54 bits per heavy atom. The Morgan fingerprint density at radius 1 is 1.00 bits per heavy atom. The van der Waals surface area contributed by atoms with Gasteiger partial charge in [0.1, 0.15) is 22.8 Å². The molecule has 0 aliphatic carbocycles. The lowest BCUT2D eigenvalue weighted by molar-refractivity contribution is -0.132. The third-order valence-corrected chi connectivity index (χ3v) is 7.84. The quantitative estimate of drug-likeness (QED) is 0.341. The lowest BCUT2D eigenvalue weighted by atomic mass is 10.0. The number of nitrogens with zero attached hydrogens (tertiary/aromatic N) is 2. The average molecular weight is 577 g/mol. The first kappa shape index (κ1) is 29.9. The molecular weight excluding hydrogens is 540 g/mol. The highest BCUT2D eigenvalue weighted by Gasteiger charge is 2.28. The van der Waals surface area contributed by atoms with Crippen LogP contribution in [0.4, 0.5) is 0 Å². The van der Waals surface area contributed by atoms with Crippen molar-refractivity contribution in [3.63, 3.8) is 0 Å². The molecule has 41 heavy (non-hydrogen) atoms. The van der Waals surface area contributed by atoms with Gasteiger partial charge in [-0.25, -0.2) is 4.98 Å². The van der Waals surface area contributed by atoms with Crippen molar-refractivity contribution in [2.75, 3.05) is 6.54 Å². The SMILES string of the molecule is CC[C@H]1NC(=O)[C@@H](NC(=O)CCc2ccccn2)CCCCNC(=O)c2csc(n2)[C@H](Cc2ccccc2)NC1=O. The van der Waals surface area contributed by atoms with Crippen molar-refractivity contribution in [2.24, 2.45) is 0 Å². The second-order valence-electron chi connectivity index (χ2n) is 9.98. The van der Waals surface area contributed by atoms with Gasteiger partial charge >= 0.3 is 0 Å². The number of rotatable bonds is 7. The van der Waals surface area contributed by atoms with Crippen LogP contribution in [0.5, 0.6) is 0 Å². The topological polar surface area (TPSA) is 142 Å². The first-order valence-corrected chi connectivity index (χ1v) is 14.9. The molecule has 2 bridgehead atoms. The fourth-order valence-electron chi connectivity index (χ4n) is 4.59. The molecule has 11 heteroatoms. The van der Waals surface area contributed by atoms with E-state index in [1.165, 1.54) is 11.3 Å². The fraction of sp³-hybridized carbons (Fsp3) is 0.400. The molecular formula is C30H36N6O4S. The summed E-state index contributed by atoms with van der Waals surface area (Å²) in [6.45, 7) is 2.23. The Morgan fingerprint density at radius 2 is 1.78 bits per heavy atom. The van der Waals surface area contributed by atoms with Gasteiger partial charge in [-0.2, -0.15) is 0 Å². The molecule has 0 saturated heterocycles. The summed E-state index contributed by atoms with van der Waals surface area (Å²) >= 11 is 1.32. The second-order valence-corrected chi connectivity index (χ2v) is 10.9. The summed E-state index contributed by atoms with van der Waals surface area (Å²) in [5.41, 5.74) is 2.10. The van der Waals surface area contributed by atoms with E-state index in [4.69, 9.17) is 0 Å². The molecule has 1 aromatic carbocycles. The van der Waals surface area contributed by atoms with E-state index in [-0.39, 0.29) is 24.1 Å². The van der Waals surface area contributed by atoms with Crippen LogP contribution < -0.4 is 21.3 Å². The van der Waals surface area contributed by atoms with Gasteiger partial charge in [0, 0.05) is 30.2 Å². The number of fused-ring (bicyclic) bond motifs is 2. The lowest BCUT2D eigenvalue weighted by Crippen LogP contribution is -2.54. The molecule has 3 heterocycles. The largest absolute Gasteiger partial charge is 0.351 e. The Hall–Kier alpha value is -4.12. The summed E-state index contributed by atoms with van der Waals surface area (Å²) in [5.74, 6) is -1.31. The average Bonchev–Trinajstić information content (AvgIpc) is 3.49. The number of thiazole rings is 1. The van der Waals surface area contributed by atoms with E-state index in [9.17, 15) is 19.2 Å². The highest BCUT2D eigenvalue weighted by atomic mass is 32.1. The zero-order valence-corrected chi connectivity index (χ0v) is 23.9. The second kappa shape index (κ2) is 15.0. The maximum atomic E-state index is 13.4. The van der Waals surface area contributed by atoms with Crippen LogP contribution in [0.3, 0.4) is 0 Å². The van der Waals surface area contributed by atoms with Crippen molar-refractivity contribution in [2.45, 2.75) is 70.0 Å². The van der Waals surface area contributed by atoms with Crippen molar-refractivity contribution >= 4 is 35.0 Å². The number of nitrogens with one attached hydrogen (secondary N) is 4. The zero-order chi connectivity index (χ0) is 29.0. The molecule has 0 unspecified atom stereocenters. The van der Waals surface area contributed by atoms with Crippen LogP contribution >= 0.6 is 11.3 Å². The molecule has 4 amide bonds. The van der Waals surface area contributed by atoms with E-state index in [0.29, 0.717) is 55.8 Å². The van der Waals surface area contributed by atoms with E-state index < -0.39 is 24.0 Å². The molecule has 0 fully saturated rings. The number of aryl methyl sites for hydroxylation is 1. The molecule has 1 aliphatic heterocycles. The normalized spacial score (nSPS) is 20.4. The number of carbonyl (C=O) groups excluding carboxylic acids is 4. The van der Waals surface area contributed by atoms with Gasteiger partial charge in [-0.1, -0.05) is 43.3 Å². The fourth-order valence-corrected chi connectivity index (χ4v) is 5.44. The van der Waals surface area contributed by atoms with Crippen molar-refractivity contribution in [3.05, 3.63) is 82.1 Å². The molecule has 3 aromatic rings. The van der Waals surface area contributed by atoms with Crippen LogP contribution in [0.15, 0.2) is 60.1 Å². The summed E-state index contributed by atoms with van der Waals surface area (Å²) in [5, 5.41) is 13.9. The minimum absolute atomic E-state index is 0.185. The van der Waals surface area contributed by atoms with Gasteiger partial charge in [0.25, 0.3) is 5.91 Å². The number of benzene rings is 1. The Labute approximate surface area is 243 Å². The minimum Gasteiger partial charge on any atom is -0.351 e. The highest BCUT2D eigenvalue weighted by Crippen LogP contribution is 2.23. The third kappa shape index (κ3) is 8.94. The maximum Gasteiger partial charge on any atom is 0.270 e. The van der Waals surface area contributed by atoms with Crippen molar-refractivity contribution in [1.82, 2.24) is 31.2 Å². The van der Waals surface area contributed by atoms with Crippen LogP contribution in [-0.4, -0.2) is 52.2 Å². The molecule has 2 aromatic heterocycles. The molecule has 0 saturated carbocycles. The number of carbonyl (C=O) groups is 4. The number of hydrogen-bond donors (Lipinski definition) is 4. The van der Waals surface area contributed by atoms with Crippen LogP contribution in [0, 0.1) is 0 Å². The summed E-state index contributed by atoms with van der Waals surface area (Å²) in [6, 6.07) is 13.1. The first-order valence-electron chi connectivity index (χ1n) is 14.0. The molecule has 3 atom stereocenters. The van der Waals surface area contributed by atoms with E-state index >= 15 is 0 Å². The first-order chi connectivity index (χ1) is 19.9. The van der Waals surface area contributed by atoms with Crippen LogP contribution in [0.2, 0.25) is 0 Å². The zero-order valence-electron chi connectivity index (χ0n) is 23.1. The predicted octanol–water partition coefficient (Wildman–Crippen LogP) is 2.86. The monoisotopic (exact) mass is 576 g/mol. The van der Waals surface area contributed by atoms with Crippen LogP contribution in [-0.2, 0) is 27.2 Å².